The highest BCUT2D eigenvalue weighted by molar-refractivity contribution is 5.29. The highest BCUT2D eigenvalue weighted by atomic mass is 16.5. The number of hydrogen-bond donors (Lipinski definition) is 1. The molecule has 0 saturated carbocycles. The summed E-state index contributed by atoms with van der Waals surface area (Å²) in [5.41, 5.74) is 1.05. The topological polar surface area (TPSA) is 68.7 Å². The number of aromatic nitrogens is 2. The summed E-state index contributed by atoms with van der Waals surface area (Å²) in [7, 11) is 5.06. The number of methoxy groups -OCH3 is 3. The molecule has 0 aliphatic rings. The molecule has 0 spiro atoms. The number of anilines is 1. The zero-order chi connectivity index (χ0) is 15.3. The molecule has 120 valence electrons. The molecule has 0 amide bonds. The summed E-state index contributed by atoms with van der Waals surface area (Å²) in [6, 6.07) is 0. The Labute approximate surface area is 126 Å². The van der Waals surface area contributed by atoms with Gasteiger partial charge in [-0.1, -0.05) is 0 Å². The van der Waals surface area contributed by atoms with Gasteiger partial charge in [-0.2, -0.15) is 0 Å². The maximum absolute atomic E-state index is 5.11. The minimum absolute atomic E-state index is 0.632. The van der Waals surface area contributed by atoms with Crippen molar-refractivity contribution < 1.29 is 14.2 Å². The molecule has 1 heterocycles. The predicted octanol–water partition coefficient (Wildman–Crippen LogP) is 0.312. The van der Waals surface area contributed by atoms with Crippen LogP contribution in [0.15, 0.2) is 12.4 Å². The molecular formula is C14H26N4O3. The molecule has 0 unspecified atom stereocenters. The van der Waals surface area contributed by atoms with Crippen molar-refractivity contribution in [3.8, 4) is 0 Å². The van der Waals surface area contributed by atoms with Gasteiger partial charge >= 0.3 is 0 Å². The molecule has 1 N–H and O–H groups in total. The minimum Gasteiger partial charge on any atom is -0.383 e. The fraction of sp³-hybridized carbons (Fsp3) is 0.714. The first kappa shape index (κ1) is 17.8. The fourth-order valence-corrected chi connectivity index (χ4v) is 1.72. The Morgan fingerprint density at radius 1 is 0.952 bits per heavy atom. The van der Waals surface area contributed by atoms with E-state index in [1.807, 2.05) is 12.4 Å². The zero-order valence-corrected chi connectivity index (χ0v) is 13.2. The summed E-state index contributed by atoms with van der Waals surface area (Å²) < 4.78 is 15.2. The number of nitrogens with one attached hydrogen (secondary N) is 1. The fourth-order valence-electron chi connectivity index (χ4n) is 1.72. The summed E-state index contributed by atoms with van der Waals surface area (Å²) in [6.07, 6.45) is 3.68. The Morgan fingerprint density at radius 2 is 1.52 bits per heavy atom. The van der Waals surface area contributed by atoms with E-state index < -0.39 is 0 Å². The predicted molar refractivity (Wildman–Crippen MR) is 81.6 cm³/mol. The molecule has 1 rings (SSSR count). The van der Waals surface area contributed by atoms with E-state index in [2.05, 4.69) is 20.2 Å². The Balaban J connectivity index is 2.51. The number of hydrogen-bond acceptors (Lipinski definition) is 7. The van der Waals surface area contributed by atoms with Crippen LogP contribution in [0.3, 0.4) is 0 Å². The maximum Gasteiger partial charge on any atom is 0.225 e. The SMILES string of the molecule is COCCNCc1cnc(N(CCOC)CCOC)nc1. The summed E-state index contributed by atoms with van der Waals surface area (Å²) in [4.78, 5) is 10.9. The van der Waals surface area contributed by atoms with Crippen LogP contribution in [-0.4, -0.2) is 70.8 Å². The lowest BCUT2D eigenvalue weighted by atomic mass is 10.3. The van der Waals surface area contributed by atoms with Crippen LogP contribution >= 0.6 is 0 Å². The maximum atomic E-state index is 5.11. The lowest BCUT2D eigenvalue weighted by Crippen LogP contribution is -2.32. The lowest BCUT2D eigenvalue weighted by Gasteiger charge is -2.21. The summed E-state index contributed by atoms with van der Waals surface area (Å²) in [5, 5.41) is 3.26. The van der Waals surface area contributed by atoms with Gasteiger partial charge in [0, 0.05) is 65.5 Å². The summed E-state index contributed by atoms with van der Waals surface area (Å²) in [5.74, 6) is 0.699. The van der Waals surface area contributed by atoms with E-state index in [0.717, 1.165) is 31.7 Å². The van der Waals surface area contributed by atoms with Crippen molar-refractivity contribution >= 4 is 5.95 Å². The van der Waals surface area contributed by atoms with Crippen LogP contribution in [0, 0.1) is 0 Å². The molecule has 0 aliphatic heterocycles. The molecule has 0 bridgehead atoms. The third-order valence-electron chi connectivity index (χ3n) is 2.92. The monoisotopic (exact) mass is 298 g/mol. The molecular weight excluding hydrogens is 272 g/mol. The molecule has 7 nitrogen and oxygen atoms in total. The molecule has 0 aromatic carbocycles. The zero-order valence-electron chi connectivity index (χ0n) is 13.2. The second-order valence-electron chi connectivity index (χ2n) is 4.53. The van der Waals surface area contributed by atoms with Gasteiger partial charge in [-0.25, -0.2) is 9.97 Å². The first-order valence-corrected chi connectivity index (χ1v) is 7.05. The molecule has 0 fully saturated rings. The van der Waals surface area contributed by atoms with Crippen LogP contribution in [0.4, 0.5) is 5.95 Å². The van der Waals surface area contributed by atoms with Gasteiger partial charge in [-0.3, -0.25) is 0 Å². The molecule has 0 radical (unpaired) electrons. The third-order valence-corrected chi connectivity index (χ3v) is 2.92. The molecule has 0 saturated heterocycles. The molecule has 0 atom stereocenters. The Morgan fingerprint density at radius 3 is 2.05 bits per heavy atom. The number of rotatable bonds is 12. The van der Waals surface area contributed by atoms with Crippen LogP contribution in [-0.2, 0) is 20.8 Å². The standard InChI is InChI=1S/C14H26N4O3/c1-19-7-4-15-10-13-11-16-14(17-12-13)18(5-8-20-2)6-9-21-3/h11-12,15H,4-10H2,1-3H3. The highest BCUT2D eigenvalue weighted by Crippen LogP contribution is 2.07. The van der Waals surface area contributed by atoms with E-state index in [0.29, 0.717) is 25.8 Å². The van der Waals surface area contributed by atoms with Gasteiger partial charge in [-0.05, 0) is 0 Å². The lowest BCUT2D eigenvalue weighted by molar-refractivity contribution is 0.189. The Kier molecular flexibility index (Phi) is 9.64. The van der Waals surface area contributed by atoms with Gasteiger partial charge in [0.15, 0.2) is 0 Å². The van der Waals surface area contributed by atoms with Crippen molar-refractivity contribution in [1.29, 1.82) is 0 Å². The van der Waals surface area contributed by atoms with Gasteiger partial charge in [0.2, 0.25) is 5.95 Å². The number of ether oxygens (including phenoxy) is 3. The van der Waals surface area contributed by atoms with Crippen LogP contribution in [0.2, 0.25) is 0 Å². The first-order valence-electron chi connectivity index (χ1n) is 7.05. The largest absolute Gasteiger partial charge is 0.383 e. The van der Waals surface area contributed by atoms with Crippen molar-refractivity contribution in [2.24, 2.45) is 0 Å². The van der Waals surface area contributed by atoms with Gasteiger partial charge in [0.1, 0.15) is 0 Å². The van der Waals surface area contributed by atoms with Crippen LogP contribution in [0.5, 0.6) is 0 Å². The summed E-state index contributed by atoms with van der Waals surface area (Å²) >= 11 is 0. The van der Waals surface area contributed by atoms with E-state index in [1.54, 1.807) is 21.3 Å². The third kappa shape index (κ3) is 7.33. The van der Waals surface area contributed by atoms with Crippen molar-refractivity contribution in [1.82, 2.24) is 15.3 Å². The molecule has 1 aromatic heterocycles. The van der Waals surface area contributed by atoms with Crippen molar-refractivity contribution in [2.45, 2.75) is 6.54 Å². The van der Waals surface area contributed by atoms with Crippen molar-refractivity contribution in [3.63, 3.8) is 0 Å². The highest BCUT2D eigenvalue weighted by Gasteiger charge is 2.09. The van der Waals surface area contributed by atoms with Crippen LogP contribution in [0.1, 0.15) is 5.56 Å². The van der Waals surface area contributed by atoms with Gasteiger partial charge in [0.05, 0.1) is 19.8 Å². The Bertz CT molecular complexity index is 354. The minimum atomic E-state index is 0.632. The van der Waals surface area contributed by atoms with E-state index in [4.69, 9.17) is 14.2 Å². The second-order valence-corrected chi connectivity index (χ2v) is 4.53. The first-order chi connectivity index (χ1) is 10.3. The summed E-state index contributed by atoms with van der Waals surface area (Å²) in [6.45, 7) is 4.99. The van der Waals surface area contributed by atoms with Gasteiger partial charge < -0.3 is 24.4 Å². The van der Waals surface area contributed by atoms with E-state index in [9.17, 15) is 0 Å². The van der Waals surface area contributed by atoms with Crippen molar-refractivity contribution in [3.05, 3.63) is 18.0 Å². The molecule has 0 aliphatic carbocycles. The van der Waals surface area contributed by atoms with E-state index >= 15 is 0 Å². The quantitative estimate of drug-likeness (QED) is 0.557. The second kappa shape index (κ2) is 11.4. The molecule has 7 heteroatoms. The van der Waals surface area contributed by atoms with Crippen LogP contribution < -0.4 is 10.2 Å². The van der Waals surface area contributed by atoms with Gasteiger partial charge in [-0.15, -0.1) is 0 Å². The van der Waals surface area contributed by atoms with Gasteiger partial charge in [0.25, 0.3) is 0 Å². The Hall–Kier alpha value is -1.28. The smallest absolute Gasteiger partial charge is 0.225 e. The molecule has 1 aromatic rings. The van der Waals surface area contributed by atoms with Crippen molar-refractivity contribution in [2.75, 3.05) is 65.7 Å². The normalized spacial score (nSPS) is 10.8. The van der Waals surface area contributed by atoms with E-state index in [-0.39, 0.29) is 0 Å². The average molecular weight is 298 g/mol. The van der Waals surface area contributed by atoms with E-state index in [1.165, 1.54) is 0 Å². The van der Waals surface area contributed by atoms with Crippen LogP contribution in [0.25, 0.3) is 0 Å². The molecule has 21 heavy (non-hydrogen) atoms. The average Bonchev–Trinajstić information content (AvgIpc) is 2.53. The number of nitrogens with zero attached hydrogens (tertiary/aromatic N) is 3.